The zero-order valence-corrected chi connectivity index (χ0v) is 9.45. The van der Waals surface area contributed by atoms with Gasteiger partial charge in [-0.2, -0.15) is 0 Å². The maximum atomic E-state index is 3.28. The van der Waals surface area contributed by atoms with Crippen LogP contribution in [0.1, 0.15) is 18.4 Å². The lowest BCUT2D eigenvalue weighted by molar-refractivity contribution is 0.242. The third-order valence-corrected chi connectivity index (χ3v) is 3.17. The third kappa shape index (κ3) is 2.80. The highest BCUT2D eigenvalue weighted by Gasteiger charge is 2.23. The van der Waals surface area contributed by atoms with Crippen LogP contribution in [0.25, 0.3) is 0 Å². The van der Waals surface area contributed by atoms with Crippen LogP contribution < -0.4 is 5.32 Å². The van der Waals surface area contributed by atoms with E-state index in [1.807, 2.05) is 7.05 Å². The average Bonchev–Trinajstić information content (AvgIpc) is 2.68. The molecular formula is C13H20N2. The fourth-order valence-electron chi connectivity index (χ4n) is 2.39. The summed E-state index contributed by atoms with van der Waals surface area (Å²) in [5.41, 5.74) is 1.43. The van der Waals surface area contributed by atoms with Crippen molar-refractivity contribution in [3.63, 3.8) is 0 Å². The van der Waals surface area contributed by atoms with Gasteiger partial charge in [0, 0.05) is 19.1 Å². The first kappa shape index (κ1) is 10.7. The molecule has 0 amide bonds. The van der Waals surface area contributed by atoms with Gasteiger partial charge in [-0.3, -0.25) is 4.90 Å². The van der Waals surface area contributed by atoms with Crippen LogP contribution >= 0.6 is 0 Å². The number of rotatable bonds is 4. The quantitative estimate of drug-likeness (QED) is 0.805. The molecule has 2 nitrogen and oxygen atoms in total. The Hall–Kier alpha value is -0.860. The first-order valence-corrected chi connectivity index (χ1v) is 5.82. The maximum Gasteiger partial charge on any atom is 0.0237 e. The van der Waals surface area contributed by atoms with Gasteiger partial charge in [-0.15, -0.1) is 0 Å². The van der Waals surface area contributed by atoms with Crippen molar-refractivity contribution >= 4 is 0 Å². The molecule has 0 aromatic heterocycles. The Balaban J connectivity index is 1.93. The first-order chi connectivity index (χ1) is 7.40. The van der Waals surface area contributed by atoms with Crippen LogP contribution in [0.15, 0.2) is 30.3 Å². The van der Waals surface area contributed by atoms with Crippen molar-refractivity contribution in [2.45, 2.75) is 25.4 Å². The standard InChI is InChI=1S/C13H20N2/c1-14-10-13-8-5-9-15(13)11-12-6-3-2-4-7-12/h2-4,6-7,13-14H,5,8-11H2,1H3/t13-/m1/s1. The second-order valence-electron chi connectivity index (χ2n) is 4.31. The summed E-state index contributed by atoms with van der Waals surface area (Å²) in [5, 5.41) is 3.28. The summed E-state index contributed by atoms with van der Waals surface area (Å²) in [6.07, 6.45) is 2.69. The van der Waals surface area contributed by atoms with E-state index in [1.54, 1.807) is 0 Å². The van der Waals surface area contributed by atoms with Gasteiger partial charge >= 0.3 is 0 Å². The van der Waals surface area contributed by atoms with Crippen LogP contribution in [-0.4, -0.2) is 31.1 Å². The molecule has 1 aliphatic rings. The van der Waals surface area contributed by atoms with Gasteiger partial charge in [0.15, 0.2) is 0 Å². The number of likely N-dealkylation sites (tertiary alicyclic amines) is 1. The SMILES string of the molecule is CNC[C@H]1CCCN1Cc1ccccc1. The fourth-order valence-corrected chi connectivity index (χ4v) is 2.39. The van der Waals surface area contributed by atoms with Gasteiger partial charge in [0.25, 0.3) is 0 Å². The van der Waals surface area contributed by atoms with E-state index in [4.69, 9.17) is 0 Å². The maximum absolute atomic E-state index is 3.28. The largest absolute Gasteiger partial charge is 0.318 e. The highest BCUT2D eigenvalue weighted by Crippen LogP contribution is 2.19. The molecule has 1 N–H and O–H groups in total. The number of benzene rings is 1. The zero-order valence-electron chi connectivity index (χ0n) is 9.45. The van der Waals surface area contributed by atoms with Crippen LogP contribution in [-0.2, 0) is 6.54 Å². The van der Waals surface area contributed by atoms with Gasteiger partial charge in [-0.25, -0.2) is 0 Å². The predicted octanol–water partition coefficient (Wildman–Crippen LogP) is 1.87. The molecule has 1 fully saturated rings. The molecule has 2 heteroatoms. The molecule has 82 valence electrons. The molecule has 2 rings (SSSR count). The normalized spacial score (nSPS) is 22.1. The van der Waals surface area contributed by atoms with E-state index >= 15 is 0 Å². The van der Waals surface area contributed by atoms with Gasteiger partial charge in [-0.05, 0) is 32.0 Å². The lowest BCUT2D eigenvalue weighted by Gasteiger charge is -2.24. The lowest BCUT2D eigenvalue weighted by atomic mass is 10.2. The Morgan fingerprint density at radius 1 is 1.33 bits per heavy atom. The average molecular weight is 204 g/mol. The molecule has 1 aliphatic heterocycles. The highest BCUT2D eigenvalue weighted by atomic mass is 15.2. The minimum Gasteiger partial charge on any atom is -0.318 e. The molecule has 0 saturated carbocycles. The summed E-state index contributed by atoms with van der Waals surface area (Å²) in [5.74, 6) is 0. The monoisotopic (exact) mass is 204 g/mol. The highest BCUT2D eigenvalue weighted by molar-refractivity contribution is 5.14. The Bertz CT molecular complexity index is 284. The van der Waals surface area contributed by atoms with E-state index in [0.717, 1.165) is 19.1 Å². The van der Waals surface area contributed by atoms with E-state index in [-0.39, 0.29) is 0 Å². The Kier molecular flexibility index (Phi) is 3.75. The van der Waals surface area contributed by atoms with Crippen LogP contribution in [0.4, 0.5) is 0 Å². The van der Waals surface area contributed by atoms with Crippen molar-refractivity contribution in [3.8, 4) is 0 Å². The third-order valence-electron chi connectivity index (χ3n) is 3.17. The first-order valence-electron chi connectivity index (χ1n) is 5.82. The van der Waals surface area contributed by atoms with Gasteiger partial charge in [0.2, 0.25) is 0 Å². The molecule has 0 bridgehead atoms. The molecule has 1 atom stereocenters. The van der Waals surface area contributed by atoms with Crippen LogP contribution in [0.5, 0.6) is 0 Å². The number of hydrogen-bond donors (Lipinski definition) is 1. The topological polar surface area (TPSA) is 15.3 Å². The van der Waals surface area contributed by atoms with Crippen LogP contribution in [0.3, 0.4) is 0 Å². The molecule has 0 spiro atoms. The number of likely N-dealkylation sites (N-methyl/N-ethyl adjacent to an activating group) is 1. The fraction of sp³-hybridized carbons (Fsp3) is 0.538. The smallest absolute Gasteiger partial charge is 0.0237 e. The predicted molar refractivity (Wildman–Crippen MR) is 63.8 cm³/mol. The number of nitrogens with zero attached hydrogens (tertiary/aromatic N) is 1. The van der Waals surface area contributed by atoms with Gasteiger partial charge in [0.1, 0.15) is 0 Å². The summed E-state index contributed by atoms with van der Waals surface area (Å²) >= 11 is 0. The van der Waals surface area contributed by atoms with E-state index in [9.17, 15) is 0 Å². The molecule has 15 heavy (non-hydrogen) atoms. The molecular weight excluding hydrogens is 184 g/mol. The molecule has 1 saturated heterocycles. The van der Waals surface area contributed by atoms with Crippen LogP contribution in [0, 0.1) is 0 Å². The minimum atomic E-state index is 0.732. The van der Waals surface area contributed by atoms with E-state index in [1.165, 1.54) is 24.9 Å². The van der Waals surface area contributed by atoms with Crippen molar-refractivity contribution in [3.05, 3.63) is 35.9 Å². The number of nitrogens with one attached hydrogen (secondary N) is 1. The molecule has 0 unspecified atom stereocenters. The molecule has 1 aromatic carbocycles. The van der Waals surface area contributed by atoms with Gasteiger partial charge in [0.05, 0.1) is 0 Å². The van der Waals surface area contributed by atoms with Crippen molar-refractivity contribution in [1.82, 2.24) is 10.2 Å². The van der Waals surface area contributed by atoms with E-state index in [2.05, 4.69) is 40.5 Å². The van der Waals surface area contributed by atoms with Crippen LogP contribution in [0.2, 0.25) is 0 Å². The summed E-state index contributed by atoms with van der Waals surface area (Å²) in [4.78, 5) is 2.59. The second kappa shape index (κ2) is 5.29. The van der Waals surface area contributed by atoms with Crippen molar-refractivity contribution < 1.29 is 0 Å². The van der Waals surface area contributed by atoms with E-state index in [0.29, 0.717) is 0 Å². The Morgan fingerprint density at radius 2 is 2.13 bits per heavy atom. The van der Waals surface area contributed by atoms with Crippen molar-refractivity contribution in [2.24, 2.45) is 0 Å². The molecule has 1 heterocycles. The summed E-state index contributed by atoms with van der Waals surface area (Å²) in [6.45, 7) is 3.47. The Morgan fingerprint density at radius 3 is 2.87 bits per heavy atom. The molecule has 0 radical (unpaired) electrons. The summed E-state index contributed by atoms with van der Waals surface area (Å²) in [7, 11) is 2.04. The van der Waals surface area contributed by atoms with Crippen molar-refractivity contribution in [1.29, 1.82) is 0 Å². The zero-order chi connectivity index (χ0) is 10.5. The van der Waals surface area contributed by atoms with E-state index < -0.39 is 0 Å². The molecule has 0 aliphatic carbocycles. The number of hydrogen-bond acceptors (Lipinski definition) is 2. The minimum absolute atomic E-state index is 0.732. The summed E-state index contributed by atoms with van der Waals surface area (Å²) < 4.78 is 0. The second-order valence-corrected chi connectivity index (χ2v) is 4.31. The van der Waals surface area contributed by atoms with Gasteiger partial charge < -0.3 is 5.32 Å². The Labute approximate surface area is 92.3 Å². The van der Waals surface area contributed by atoms with Crippen molar-refractivity contribution in [2.75, 3.05) is 20.1 Å². The lowest BCUT2D eigenvalue weighted by Crippen LogP contribution is -2.36. The summed E-state index contributed by atoms with van der Waals surface area (Å²) in [6, 6.07) is 11.5. The van der Waals surface area contributed by atoms with Gasteiger partial charge in [-0.1, -0.05) is 30.3 Å². The molecule has 1 aromatic rings.